The molecule has 0 radical (unpaired) electrons. The Hall–Kier alpha value is -2.97. The number of hydrogen-bond acceptors (Lipinski definition) is 7. The molecule has 176 valence electrons. The molecule has 1 fully saturated rings. The van der Waals surface area contributed by atoms with E-state index in [1.807, 2.05) is 43.5 Å². The van der Waals surface area contributed by atoms with Crippen molar-refractivity contribution >= 4 is 5.82 Å². The molecule has 1 aromatic carbocycles. The molecule has 0 aliphatic heterocycles. The van der Waals surface area contributed by atoms with Gasteiger partial charge in [0, 0.05) is 43.2 Å². The zero-order valence-electron chi connectivity index (χ0n) is 19.7. The zero-order valence-corrected chi connectivity index (χ0v) is 19.7. The normalized spacial score (nSPS) is 15.4. The number of nitrogens with one attached hydrogen (secondary N) is 2. The van der Waals surface area contributed by atoms with Gasteiger partial charge in [0.1, 0.15) is 30.0 Å². The van der Waals surface area contributed by atoms with E-state index in [1.54, 1.807) is 7.05 Å². The maximum absolute atomic E-state index is 9.95. The number of imidazole rings is 1. The van der Waals surface area contributed by atoms with Gasteiger partial charge in [-0.15, -0.1) is 0 Å². The van der Waals surface area contributed by atoms with Crippen LogP contribution < -0.4 is 15.0 Å². The Kier molecular flexibility index (Phi) is 7.57. The number of aliphatic hydroxyl groups excluding tert-OH is 1. The summed E-state index contributed by atoms with van der Waals surface area (Å²) in [6.45, 7) is 2.67. The first kappa shape index (κ1) is 23.2. The van der Waals surface area contributed by atoms with Gasteiger partial charge in [0.2, 0.25) is 0 Å². The van der Waals surface area contributed by atoms with Gasteiger partial charge in [-0.25, -0.2) is 15.0 Å². The number of aryl methyl sites for hydroxylation is 1. The smallest absolute Gasteiger partial charge is 0.162 e. The SMILES string of the molecule is CNCC(O)COc1cccc(-c2nc(-c3ncc(C)[nH]3)cc(N(C)C3CCCCC3)n2)c1. The van der Waals surface area contributed by atoms with Gasteiger partial charge in [0.15, 0.2) is 11.6 Å². The quantitative estimate of drug-likeness (QED) is 0.458. The fraction of sp³-hybridized carbons (Fsp3) is 0.480. The van der Waals surface area contributed by atoms with Crippen LogP contribution in [0.25, 0.3) is 22.9 Å². The molecule has 2 aromatic heterocycles. The molecule has 4 rings (SSSR count). The summed E-state index contributed by atoms with van der Waals surface area (Å²) in [5, 5.41) is 12.9. The summed E-state index contributed by atoms with van der Waals surface area (Å²) < 4.78 is 5.80. The Morgan fingerprint density at radius 2 is 2.03 bits per heavy atom. The summed E-state index contributed by atoms with van der Waals surface area (Å²) in [5.41, 5.74) is 2.61. The number of rotatable bonds is 9. The van der Waals surface area contributed by atoms with Crippen LogP contribution in [0.2, 0.25) is 0 Å². The van der Waals surface area contributed by atoms with Gasteiger partial charge >= 0.3 is 0 Å². The first-order valence-corrected chi connectivity index (χ1v) is 11.7. The van der Waals surface area contributed by atoms with E-state index in [0.717, 1.165) is 28.6 Å². The summed E-state index contributed by atoms with van der Waals surface area (Å²) in [6, 6.07) is 10.2. The third-order valence-corrected chi connectivity index (χ3v) is 6.12. The van der Waals surface area contributed by atoms with Crippen LogP contribution in [0.3, 0.4) is 0 Å². The van der Waals surface area contributed by atoms with Gasteiger partial charge < -0.3 is 25.0 Å². The van der Waals surface area contributed by atoms with Crippen molar-refractivity contribution in [1.29, 1.82) is 0 Å². The summed E-state index contributed by atoms with van der Waals surface area (Å²) in [5.74, 6) is 2.93. The Balaban J connectivity index is 1.66. The lowest BCUT2D eigenvalue weighted by atomic mass is 9.94. The summed E-state index contributed by atoms with van der Waals surface area (Å²) in [6.07, 6.45) is 7.44. The summed E-state index contributed by atoms with van der Waals surface area (Å²) in [7, 11) is 3.93. The molecule has 1 atom stereocenters. The van der Waals surface area contributed by atoms with Crippen molar-refractivity contribution in [3.63, 3.8) is 0 Å². The molecule has 8 nitrogen and oxygen atoms in total. The van der Waals surface area contributed by atoms with Crippen LogP contribution >= 0.6 is 0 Å². The third-order valence-electron chi connectivity index (χ3n) is 6.12. The monoisotopic (exact) mass is 450 g/mol. The highest BCUT2D eigenvalue weighted by Crippen LogP contribution is 2.30. The molecule has 1 saturated carbocycles. The van der Waals surface area contributed by atoms with Gasteiger partial charge in [0.25, 0.3) is 0 Å². The van der Waals surface area contributed by atoms with Crippen LogP contribution in [0, 0.1) is 6.92 Å². The van der Waals surface area contributed by atoms with Crippen LogP contribution in [0.5, 0.6) is 5.75 Å². The van der Waals surface area contributed by atoms with Crippen molar-refractivity contribution in [1.82, 2.24) is 25.3 Å². The molecule has 0 amide bonds. The molecule has 3 aromatic rings. The van der Waals surface area contributed by atoms with E-state index in [-0.39, 0.29) is 6.61 Å². The van der Waals surface area contributed by atoms with Gasteiger partial charge in [-0.05, 0) is 38.9 Å². The predicted octanol–water partition coefficient (Wildman–Crippen LogP) is 3.57. The molecule has 1 aliphatic carbocycles. The first-order chi connectivity index (χ1) is 16.0. The average Bonchev–Trinajstić information content (AvgIpc) is 3.29. The van der Waals surface area contributed by atoms with E-state index in [9.17, 15) is 5.11 Å². The summed E-state index contributed by atoms with van der Waals surface area (Å²) in [4.78, 5) is 19.8. The van der Waals surface area contributed by atoms with Crippen LogP contribution in [0.4, 0.5) is 5.82 Å². The number of H-pyrrole nitrogens is 1. The first-order valence-electron chi connectivity index (χ1n) is 11.7. The minimum atomic E-state index is -0.573. The van der Waals surface area contributed by atoms with Gasteiger partial charge in [0.05, 0.1) is 0 Å². The minimum Gasteiger partial charge on any atom is -0.491 e. The average molecular weight is 451 g/mol. The summed E-state index contributed by atoms with van der Waals surface area (Å²) >= 11 is 0. The second-order valence-corrected chi connectivity index (χ2v) is 8.80. The topological polar surface area (TPSA) is 99.2 Å². The Labute approximate surface area is 195 Å². The fourth-order valence-electron chi connectivity index (χ4n) is 4.28. The highest BCUT2D eigenvalue weighted by Gasteiger charge is 2.21. The van der Waals surface area contributed by atoms with Crippen LogP contribution in [0.15, 0.2) is 36.5 Å². The molecule has 33 heavy (non-hydrogen) atoms. The standard InChI is InChI=1S/C25H34N6O2/c1-17-14-27-25(28-17)22-13-23(31(3)19-9-5-4-6-10-19)30-24(29-22)18-8-7-11-21(12-18)33-16-20(32)15-26-2/h7-8,11-14,19-20,26,32H,4-6,9-10,15-16H2,1-3H3,(H,27,28). The van der Waals surface area contributed by atoms with Crippen molar-refractivity contribution in [2.45, 2.75) is 51.2 Å². The van der Waals surface area contributed by atoms with Crippen molar-refractivity contribution < 1.29 is 9.84 Å². The molecule has 1 aliphatic rings. The van der Waals surface area contributed by atoms with Gasteiger partial charge in [-0.3, -0.25) is 0 Å². The molecule has 0 saturated heterocycles. The van der Waals surface area contributed by atoms with E-state index in [2.05, 4.69) is 27.2 Å². The largest absolute Gasteiger partial charge is 0.491 e. The van der Waals surface area contributed by atoms with E-state index in [4.69, 9.17) is 14.7 Å². The van der Waals surface area contributed by atoms with Crippen LogP contribution in [-0.2, 0) is 0 Å². The Morgan fingerprint density at radius 3 is 2.76 bits per heavy atom. The minimum absolute atomic E-state index is 0.215. The molecular weight excluding hydrogens is 416 g/mol. The van der Waals surface area contributed by atoms with E-state index < -0.39 is 6.10 Å². The number of aliphatic hydroxyl groups is 1. The van der Waals surface area contributed by atoms with E-state index >= 15 is 0 Å². The Morgan fingerprint density at radius 1 is 1.21 bits per heavy atom. The lowest BCUT2D eigenvalue weighted by Crippen LogP contribution is -2.34. The van der Waals surface area contributed by atoms with Crippen molar-refractivity contribution in [3.05, 3.63) is 42.2 Å². The van der Waals surface area contributed by atoms with Crippen molar-refractivity contribution in [2.24, 2.45) is 0 Å². The highest BCUT2D eigenvalue weighted by molar-refractivity contribution is 5.65. The number of ether oxygens (including phenoxy) is 1. The van der Waals surface area contributed by atoms with Crippen molar-refractivity contribution in [2.75, 3.05) is 32.1 Å². The molecule has 0 bridgehead atoms. The van der Waals surface area contributed by atoms with E-state index in [0.29, 0.717) is 24.2 Å². The predicted molar refractivity (Wildman–Crippen MR) is 130 cm³/mol. The van der Waals surface area contributed by atoms with E-state index in [1.165, 1.54) is 32.1 Å². The van der Waals surface area contributed by atoms with Crippen LogP contribution in [0.1, 0.15) is 37.8 Å². The molecule has 8 heteroatoms. The molecule has 2 heterocycles. The zero-order chi connectivity index (χ0) is 23.2. The van der Waals surface area contributed by atoms with Gasteiger partial charge in [-0.1, -0.05) is 31.4 Å². The number of aromatic amines is 1. The maximum atomic E-state index is 9.95. The number of hydrogen-bond donors (Lipinski definition) is 3. The fourth-order valence-corrected chi connectivity index (χ4v) is 4.28. The van der Waals surface area contributed by atoms with Gasteiger partial charge in [-0.2, -0.15) is 0 Å². The number of anilines is 1. The Bertz CT molecular complexity index is 1050. The van der Waals surface area contributed by atoms with Crippen molar-refractivity contribution in [3.8, 4) is 28.7 Å². The second-order valence-electron chi connectivity index (χ2n) is 8.80. The highest BCUT2D eigenvalue weighted by atomic mass is 16.5. The third kappa shape index (κ3) is 5.89. The number of benzene rings is 1. The molecule has 3 N–H and O–H groups in total. The number of likely N-dealkylation sites (N-methyl/N-ethyl adjacent to an activating group) is 1. The number of aromatic nitrogens is 4. The second kappa shape index (κ2) is 10.8. The lowest BCUT2D eigenvalue weighted by Gasteiger charge is -2.32. The van der Waals surface area contributed by atoms with Crippen LogP contribution in [-0.4, -0.2) is 64.4 Å². The maximum Gasteiger partial charge on any atom is 0.162 e. The number of nitrogens with zero attached hydrogens (tertiary/aromatic N) is 4. The lowest BCUT2D eigenvalue weighted by molar-refractivity contribution is 0.108. The molecular formula is C25H34N6O2. The molecule has 1 unspecified atom stereocenters. The molecule has 0 spiro atoms.